The molecule has 1 N–H and O–H groups in total. The summed E-state index contributed by atoms with van der Waals surface area (Å²) in [4.78, 5) is 0. The number of nitrogens with one attached hydrogen (secondary N) is 1. The highest BCUT2D eigenvalue weighted by Gasteiger charge is 2.34. The highest BCUT2D eigenvalue weighted by atomic mass is 32.1. The first kappa shape index (κ1) is 18.9. The first-order valence-corrected chi connectivity index (χ1v) is 10.6. The van der Waals surface area contributed by atoms with Crippen LogP contribution in [0.15, 0.2) is 41.1 Å². The van der Waals surface area contributed by atoms with E-state index in [4.69, 9.17) is 10.00 Å². The SMILES string of the molecule is CCCCC(CCNCC1CC1)(Oc1ccc(C#N)cc1)c1ccsc1. The summed E-state index contributed by atoms with van der Waals surface area (Å²) >= 11 is 1.73. The fourth-order valence-electron chi connectivity index (χ4n) is 3.30. The Morgan fingerprint density at radius 1 is 1.23 bits per heavy atom. The van der Waals surface area contributed by atoms with Crippen LogP contribution in [0.4, 0.5) is 0 Å². The lowest BCUT2D eigenvalue weighted by Gasteiger charge is -2.35. The van der Waals surface area contributed by atoms with Gasteiger partial charge in [-0.15, -0.1) is 0 Å². The minimum atomic E-state index is -0.305. The Labute approximate surface area is 161 Å². The van der Waals surface area contributed by atoms with Crippen LogP contribution in [0.25, 0.3) is 0 Å². The number of hydrogen-bond donors (Lipinski definition) is 1. The third kappa shape index (κ3) is 5.09. The van der Waals surface area contributed by atoms with Crippen LogP contribution >= 0.6 is 11.3 Å². The topological polar surface area (TPSA) is 45.0 Å². The second kappa shape index (κ2) is 9.21. The number of benzene rings is 1. The molecule has 1 aromatic carbocycles. The maximum absolute atomic E-state index is 9.02. The standard InChI is InChI=1S/C22H28N2OS/c1-2-3-11-22(20-10-14-26-17-20,12-13-24-16-19-4-5-19)25-21-8-6-18(15-23)7-9-21/h6-10,14,17,19,24H,2-5,11-13,16H2,1H3. The molecule has 4 heteroatoms. The van der Waals surface area contributed by atoms with E-state index in [9.17, 15) is 0 Å². The Morgan fingerprint density at radius 3 is 2.65 bits per heavy atom. The summed E-state index contributed by atoms with van der Waals surface area (Å²) in [6.45, 7) is 4.32. The van der Waals surface area contributed by atoms with Gasteiger partial charge in [0.2, 0.25) is 0 Å². The number of ether oxygens (including phenoxy) is 1. The zero-order valence-corrected chi connectivity index (χ0v) is 16.4. The molecule has 1 atom stereocenters. The van der Waals surface area contributed by atoms with Crippen molar-refractivity contribution in [2.45, 2.75) is 51.0 Å². The average molecular weight is 369 g/mol. The molecule has 0 spiro atoms. The van der Waals surface area contributed by atoms with Crippen molar-refractivity contribution in [3.63, 3.8) is 0 Å². The van der Waals surface area contributed by atoms with Gasteiger partial charge in [0.15, 0.2) is 0 Å². The second-order valence-corrected chi connectivity index (χ2v) is 8.03. The fraction of sp³-hybridized carbons (Fsp3) is 0.500. The van der Waals surface area contributed by atoms with E-state index in [1.54, 1.807) is 11.3 Å². The normalized spacial score (nSPS) is 16.0. The Morgan fingerprint density at radius 2 is 2.04 bits per heavy atom. The highest BCUT2D eigenvalue weighted by Crippen LogP contribution is 2.37. The van der Waals surface area contributed by atoms with Crippen molar-refractivity contribution in [3.05, 3.63) is 52.2 Å². The molecule has 1 aliphatic carbocycles. The van der Waals surface area contributed by atoms with E-state index in [0.717, 1.165) is 50.4 Å². The lowest BCUT2D eigenvalue weighted by Crippen LogP contribution is -2.37. The van der Waals surface area contributed by atoms with Crippen molar-refractivity contribution < 1.29 is 4.74 Å². The monoisotopic (exact) mass is 368 g/mol. The summed E-state index contributed by atoms with van der Waals surface area (Å²) in [5, 5.41) is 17.0. The van der Waals surface area contributed by atoms with E-state index < -0.39 is 0 Å². The fourth-order valence-corrected chi connectivity index (χ4v) is 4.05. The van der Waals surface area contributed by atoms with Gasteiger partial charge < -0.3 is 10.1 Å². The van der Waals surface area contributed by atoms with E-state index in [1.807, 2.05) is 24.3 Å². The predicted molar refractivity (Wildman–Crippen MR) is 108 cm³/mol. The molecule has 0 aliphatic heterocycles. The van der Waals surface area contributed by atoms with Crippen LogP contribution in [-0.2, 0) is 5.60 Å². The van der Waals surface area contributed by atoms with Gasteiger partial charge in [-0.25, -0.2) is 0 Å². The molecule has 0 bridgehead atoms. The Balaban J connectivity index is 1.77. The molecule has 1 saturated carbocycles. The number of nitrogens with zero attached hydrogens (tertiary/aromatic N) is 1. The molecule has 0 radical (unpaired) electrons. The van der Waals surface area contributed by atoms with Crippen LogP contribution in [0.1, 0.15) is 56.6 Å². The summed E-state index contributed by atoms with van der Waals surface area (Å²) < 4.78 is 6.63. The van der Waals surface area contributed by atoms with Crippen molar-refractivity contribution in [2.24, 2.45) is 5.92 Å². The van der Waals surface area contributed by atoms with Gasteiger partial charge in [-0.05, 0) is 85.8 Å². The van der Waals surface area contributed by atoms with Gasteiger partial charge in [0.05, 0.1) is 11.6 Å². The highest BCUT2D eigenvalue weighted by molar-refractivity contribution is 7.08. The second-order valence-electron chi connectivity index (χ2n) is 7.25. The molecule has 26 heavy (non-hydrogen) atoms. The van der Waals surface area contributed by atoms with E-state index in [0.29, 0.717) is 5.56 Å². The first-order valence-electron chi connectivity index (χ1n) is 9.68. The molecule has 2 aromatic rings. The minimum absolute atomic E-state index is 0.305. The molecule has 1 aromatic heterocycles. The maximum Gasteiger partial charge on any atom is 0.136 e. The summed E-state index contributed by atoms with van der Waals surface area (Å²) in [6, 6.07) is 11.9. The quantitative estimate of drug-likeness (QED) is 0.535. The van der Waals surface area contributed by atoms with Crippen LogP contribution in [0.2, 0.25) is 0 Å². The molecule has 3 nitrogen and oxygen atoms in total. The van der Waals surface area contributed by atoms with Crippen LogP contribution in [0, 0.1) is 17.2 Å². The molecule has 1 aliphatic rings. The van der Waals surface area contributed by atoms with Crippen molar-refractivity contribution in [2.75, 3.05) is 13.1 Å². The number of hydrogen-bond acceptors (Lipinski definition) is 4. The lowest BCUT2D eigenvalue weighted by atomic mass is 9.86. The van der Waals surface area contributed by atoms with E-state index >= 15 is 0 Å². The van der Waals surface area contributed by atoms with Crippen LogP contribution < -0.4 is 10.1 Å². The van der Waals surface area contributed by atoms with Crippen LogP contribution in [0.5, 0.6) is 5.75 Å². The van der Waals surface area contributed by atoms with Crippen molar-refractivity contribution >= 4 is 11.3 Å². The van der Waals surface area contributed by atoms with Gasteiger partial charge >= 0.3 is 0 Å². The minimum Gasteiger partial charge on any atom is -0.483 e. The van der Waals surface area contributed by atoms with Gasteiger partial charge in [0.25, 0.3) is 0 Å². The van der Waals surface area contributed by atoms with Gasteiger partial charge in [-0.3, -0.25) is 0 Å². The Kier molecular flexibility index (Phi) is 6.71. The third-order valence-corrected chi connectivity index (χ3v) is 5.80. The summed E-state index contributed by atoms with van der Waals surface area (Å²) in [7, 11) is 0. The third-order valence-electron chi connectivity index (χ3n) is 5.11. The Bertz CT molecular complexity index is 701. The molecule has 3 rings (SSSR count). The molecular formula is C22H28N2OS. The molecular weight excluding hydrogens is 340 g/mol. The average Bonchev–Trinajstić information content (AvgIpc) is 3.33. The van der Waals surface area contributed by atoms with Crippen molar-refractivity contribution in [3.8, 4) is 11.8 Å². The van der Waals surface area contributed by atoms with Gasteiger partial charge in [-0.2, -0.15) is 16.6 Å². The number of unbranched alkanes of at least 4 members (excludes halogenated alkanes) is 1. The molecule has 1 unspecified atom stereocenters. The molecule has 0 saturated heterocycles. The zero-order chi connectivity index (χ0) is 18.2. The first-order chi connectivity index (χ1) is 12.8. The van der Waals surface area contributed by atoms with Gasteiger partial charge in [-0.1, -0.05) is 13.3 Å². The van der Waals surface area contributed by atoms with E-state index in [2.05, 4.69) is 35.1 Å². The van der Waals surface area contributed by atoms with Gasteiger partial charge in [0, 0.05) is 12.0 Å². The Hall–Kier alpha value is -1.83. The number of thiophene rings is 1. The van der Waals surface area contributed by atoms with Crippen molar-refractivity contribution in [1.82, 2.24) is 5.32 Å². The number of rotatable bonds is 11. The molecule has 1 heterocycles. The summed E-state index contributed by atoms with van der Waals surface area (Å²) in [5.74, 6) is 1.73. The maximum atomic E-state index is 9.02. The van der Waals surface area contributed by atoms with Crippen LogP contribution in [-0.4, -0.2) is 13.1 Å². The largest absolute Gasteiger partial charge is 0.483 e. The predicted octanol–water partition coefficient (Wildman–Crippen LogP) is 5.47. The molecule has 1 fully saturated rings. The van der Waals surface area contributed by atoms with E-state index in [-0.39, 0.29) is 5.60 Å². The van der Waals surface area contributed by atoms with Gasteiger partial charge in [0.1, 0.15) is 11.4 Å². The number of nitriles is 1. The van der Waals surface area contributed by atoms with Crippen molar-refractivity contribution in [1.29, 1.82) is 5.26 Å². The summed E-state index contributed by atoms with van der Waals surface area (Å²) in [6.07, 6.45) is 7.00. The molecule has 0 amide bonds. The smallest absolute Gasteiger partial charge is 0.136 e. The lowest BCUT2D eigenvalue weighted by molar-refractivity contribution is 0.0451. The van der Waals surface area contributed by atoms with Crippen LogP contribution in [0.3, 0.4) is 0 Å². The van der Waals surface area contributed by atoms with E-state index in [1.165, 1.54) is 18.4 Å². The zero-order valence-electron chi connectivity index (χ0n) is 15.5. The molecule has 138 valence electrons. The summed E-state index contributed by atoms with van der Waals surface area (Å²) in [5.41, 5.74) is 1.63.